The summed E-state index contributed by atoms with van der Waals surface area (Å²) in [5.74, 6) is 2.17. The van der Waals surface area contributed by atoms with Gasteiger partial charge in [0.1, 0.15) is 0 Å². The molecule has 0 radical (unpaired) electrons. The molecule has 1 aliphatic rings. The van der Waals surface area contributed by atoms with E-state index in [2.05, 4.69) is 28.8 Å². The van der Waals surface area contributed by atoms with Crippen molar-refractivity contribution in [3.63, 3.8) is 0 Å². The summed E-state index contributed by atoms with van der Waals surface area (Å²) in [6.45, 7) is 4.39. The largest absolute Gasteiger partial charge is 0.356 e. The van der Waals surface area contributed by atoms with Gasteiger partial charge in [0.05, 0.1) is 0 Å². The maximum Gasteiger partial charge on any atom is 0.190 e. The summed E-state index contributed by atoms with van der Waals surface area (Å²) in [6.07, 6.45) is 8.77. The first-order valence-corrected chi connectivity index (χ1v) is 8.09. The van der Waals surface area contributed by atoms with Crippen molar-refractivity contribution in [2.24, 2.45) is 10.4 Å². The van der Waals surface area contributed by atoms with Crippen molar-refractivity contribution in [1.82, 2.24) is 10.6 Å². The van der Waals surface area contributed by atoms with Gasteiger partial charge in [-0.25, -0.2) is 0 Å². The van der Waals surface area contributed by atoms with Crippen LogP contribution >= 0.6 is 11.8 Å². The fourth-order valence-corrected chi connectivity index (χ4v) is 2.68. The smallest absolute Gasteiger partial charge is 0.190 e. The minimum atomic E-state index is 0.552. The van der Waals surface area contributed by atoms with E-state index in [1.165, 1.54) is 37.9 Å². The van der Waals surface area contributed by atoms with Crippen LogP contribution in [0.1, 0.15) is 39.0 Å². The lowest BCUT2D eigenvalue weighted by atomic mass is 9.67. The van der Waals surface area contributed by atoms with E-state index in [0.717, 1.165) is 19.0 Å². The minimum Gasteiger partial charge on any atom is -0.356 e. The fraction of sp³-hybridized carbons (Fsp3) is 0.923. The standard InChI is InChI=1S/C13H27N3S/c1-4-13(7-5-8-13)11-16-12(14-2)15-9-6-10-17-3/h4-11H2,1-3H3,(H2,14,15,16). The summed E-state index contributed by atoms with van der Waals surface area (Å²) in [6, 6.07) is 0. The predicted molar refractivity (Wildman–Crippen MR) is 78.9 cm³/mol. The Hall–Kier alpha value is -0.380. The van der Waals surface area contributed by atoms with Crippen molar-refractivity contribution in [3.05, 3.63) is 0 Å². The van der Waals surface area contributed by atoms with Gasteiger partial charge in [-0.15, -0.1) is 0 Å². The highest BCUT2D eigenvalue weighted by Crippen LogP contribution is 2.42. The van der Waals surface area contributed by atoms with Gasteiger partial charge in [0.25, 0.3) is 0 Å². The quantitative estimate of drug-likeness (QED) is 0.418. The minimum absolute atomic E-state index is 0.552. The molecule has 0 aromatic carbocycles. The normalized spacial score (nSPS) is 18.6. The lowest BCUT2D eigenvalue weighted by Gasteiger charge is -2.41. The number of hydrogen-bond donors (Lipinski definition) is 2. The molecule has 0 aromatic heterocycles. The zero-order valence-corrected chi connectivity index (χ0v) is 12.3. The molecule has 17 heavy (non-hydrogen) atoms. The first-order valence-electron chi connectivity index (χ1n) is 6.70. The Kier molecular flexibility index (Phi) is 6.78. The van der Waals surface area contributed by atoms with Crippen molar-refractivity contribution < 1.29 is 0 Å². The Labute approximate surface area is 110 Å². The number of thioether (sulfide) groups is 1. The van der Waals surface area contributed by atoms with Crippen LogP contribution in [0.4, 0.5) is 0 Å². The maximum absolute atomic E-state index is 4.27. The summed E-state index contributed by atoms with van der Waals surface area (Å²) in [7, 11) is 1.85. The third kappa shape index (κ3) is 4.78. The molecular weight excluding hydrogens is 230 g/mol. The van der Waals surface area contributed by atoms with Crippen LogP contribution in [0.25, 0.3) is 0 Å². The molecule has 1 saturated carbocycles. The molecule has 0 atom stereocenters. The van der Waals surface area contributed by atoms with Gasteiger partial charge in [0.15, 0.2) is 5.96 Å². The number of aliphatic imine (C=N–C) groups is 1. The topological polar surface area (TPSA) is 36.4 Å². The van der Waals surface area contributed by atoms with Gasteiger partial charge in [-0.2, -0.15) is 11.8 Å². The monoisotopic (exact) mass is 257 g/mol. The van der Waals surface area contributed by atoms with E-state index in [0.29, 0.717) is 5.41 Å². The van der Waals surface area contributed by atoms with Crippen molar-refractivity contribution >= 4 is 17.7 Å². The van der Waals surface area contributed by atoms with Gasteiger partial charge < -0.3 is 10.6 Å². The molecule has 0 amide bonds. The summed E-state index contributed by atoms with van der Waals surface area (Å²) in [5, 5.41) is 6.85. The highest BCUT2D eigenvalue weighted by atomic mass is 32.2. The molecule has 0 spiro atoms. The predicted octanol–water partition coefficient (Wildman–Crippen LogP) is 2.48. The molecule has 0 bridgehead atoms. The molecule has 0 heterocycles. The van der Waals surface area contributed by atoms with Gasteiger partial charge in [-0.3, -0.25) is 4.99 Å². The van der Waals surface area contributed by atoms with Gasteiger partial charge >= 0.3 is 0 Å². The highest BCUT2D eigenvalue weighted by molar-refractivity contribution is 7.98. The maximum atomic E-state index is 4.27. The van der Waals surface area contributed by atoms with Gasteiger partial charge in [-0.05, 0) is 43.1 Å². The highest BCUT2D eigenvalue weighted by Gasteiger charge is 2.34. The van der Waals surface area contributed by atoms with E-state index in [1.54, 1.807) is 0 Å². The lowest BCUT2D eigenvalue weighted by molar-refractivity contribution is 0.131. The molecule has 2 N–H and O–H groups in total. The Morgan fingerprint density at radius 3 is 2.59 bits per heavy atom. The zero-order chi connectivity index (χ0) is 12.6. The van der Waals surface area contributed by atoms with Crippen LogP contribution < -0.4 is 10.6 Å². The Morgan fingerprint density at radius 2 is 2.12 bits per heavy atom. The average Bonchev–Trinajstić information content (AvgIpc) is 2.31. The van der Waals surface area contributed by atoms with Gasteiger partial charge in [0, 0.05) is 20.1 Å². The van der Waals surface area contributed by atoms with Crippen LogP contribution in [0.3, 0.4) is 0 Å². The Morgan fingerprint density at radius 1 is 1.35 bits per heavy atom. The van der Waals surface area contributed by atoms with E-state index >= 15 is 0 Å². The molecule has 4 heteroatoms. The second-order valence-corrected chi connectivity index (χ2v) is 5.89. The molecular formula is C13H27N3S. The molecule has 3 nitrogen and oxygen atoms in total. The average molecular weight is 257 g/mol. The second-order valence-electron chi connectivity index (χ2n) is 4.91. The van der Waals surface area contributed by atoms with E-state index in [-0.39, 0.29) is 0 Å². The Bertz CT molecular complexity index is 231. The van der Waals surface area contributed by atoms with Crippen LogP contribution in [0.2, 0.25) is 0 Å². The van der Waals surface area contributed by atoms with Crippen molar-refractivity contribution in [2.45, 2.75) is 39.0 Å². The van der Waals surface area contributed by atoms with Gasteiger partial charge in [-0.1, -0.05) is 13.3 Å². The molecule has 1 rings (SSSR count). The van der Waals surface area contributed by atoms with Gasteiger partial charge in [0.2, 0.25) is 0 Å². The van der Waals surface area contributed by atoms with Crippen molar-refractivity contribution in [2.75, 3.05) is 32.1 Å². The van der Waals surface area contributed by atoms with E-state index in [9.17, 15) is 0 Å². The number of rotatable bonds is 7. The molecule has 0 aromatic rings. The fourth-order valence-electron chi connectivity index (χ4n) is 2.25. The third-order valence-corrected chi connectivity index (χ3v) is 4.53. The summed E-state index contributed by atoms with van der Waals surface area (Å²) in [5.41, 5.74) is 0.552. The second kappa shape index (κ2) is 7.85. The van der Waals surface area contributed by atoms with Crippen molar-refractivity contribution in [1.29, 1.82) is 0 Å². The molecule has 0 aliphatic heterocycles. The van der Waals surface area contributed by atoms with Crippen LogP contribution in [0.15, 0.2) is 4.99 Å². The molecule has 1 fully saturated rings. The van der Waals surface area contributed by atoms with Crippen LogP contribution in [-0.4, -0.2) is 38.1 Å². The summed E-state index contributed by atoms with van der Waals surface area (Å²) < 4.78 is 0. The van der Waals surface area contributed by atoms with E-state index < -0.39 is 0 Å². The first kappa shape index (κ1) is 14.7. The van der Waals surface area contributed by atoms with E-state index in [4.69, 9.17) is 0 Å². The third-order valence-electron chi connectivity index (χ3n) is 3.84. The van der Waals surface area contributed by atoms with Crippen molar-refractivity contribution in [3.8, 4) is 0 Å². The molecule has 1 aliphatic carbocycles. The number of nitrogens with zero attached hydrogens (tertiary/aromatic N) is 1. The number of nitrogens with one attached hydrogen (secondary N) is 2. The Balaban J connectivity index is 2.18. The summed E-state index contributed by atoms with van der Waals surface area (Å²) >= 11 is 1.89. The summed E-state index contributed by atoms with van der Waals surface area (Å²) in [4.78, 5) is 4.27. The number of guanidine groups is 1. The first-order chi connectivity index (χ1) is 8.26. The number of hydrogen-bond acceptors (Lipinski definition) is 2. The van der Waals surface area contributed by atoms with Crippen LogP contribution in [-0.2, 0) is 0 Å². The van der Waals surface area contributed by atoms with Crippen LogP contribution in [0.5, 0.6) is 0 Å². The molecule has 0 unspecified atom stereocenters. The molecule has 0 saturated heterocycles. The lowest BCUT2D eigenvalue weighted by Crippen LogP contribution is -2.46. The van der Waals surface area contributed by atoms with Crippen LogP contribution in [0, 0.1) is 5.41 Å². The SMILES string of the molecule is CCC1(CNC(=NC)NCCCSC)CCC1. The zero-order valence-electron chi connectivity index (χ0n) is 11.5. The van der Waals surface area contributed by atoms with E-state index in [1.807, 2.05) is 18.8 Å². The molecule has 100 valence electrons.